The lowest BCUT2D eigenvalue weighted by atomic mass is 10.1. The van der Waals surface area contributed by atoms with Gasteiger partial charge in [0.15, 0.2) is 0 Å². The zero-order chi connectivity index (χ0) is 21.7. The van der Waals surface area contributed by atoms with Crippen LogP contribution in [0.2, 0.25) is 0 Å². The fourth-order valence-corrected chi connectivity index (χ4v) is 5.78. The summed E-state index contributed by atoms with van der Waals surface area (Å²) in [6, 6.07) is 15.8. The van der Waals surface area contributed by atoms with Crippen molar-refractivity contribution in [3.8, 4) is 0 Å². The molecule has 4 rings (SSSR count). The SMILES string of the molecule is O=C(NCc1ccc(CN2CCOCC2)cc1)[C@@H]1CCCN1S(=O)(=O)c1ccccc1. The Bertz CT molecular complexity index is 974. The quantitative estimate of drug-likeness (QED) is 0.708. The molecule has 166 valence electrons. The lowest BCUT2D eigenvalue weighted by Gasteiger charge is -2.26. The van der Waals surface area contributed by atoms with E-state index < -0.39 is 16.1 Å². The highest BCUT2D eigenvalue weighted by molar-refractivity contribution is 7.89. The number of ether oxygens (including phenoxy) is 1. The van der Waals surface area contributed by atoms with Crippen LogP contribution in [-0.4, -0.2) is 62.4 Å². The fourth-order valence-electron chi connectivity index (χ4n) is 4.10. The van der Waals surface area contributed by atoms with Gasteiger partial charge in [0.05, 0.1) is 18.1 Å². The van der Waals surface area contributed by atoms with Gasteiger partial charge in [-0.25, -0.2) is 8.42 Å². The molecule has 0 unspecified atom stereocenters. The highest BCUT2D eigenvalue weighted by Gasteiger charge is 2.39. The second kappa shape index (κ2) is 9.91. The Labute approximate surface area is 184 Å². The summed E-state index contributed by atoms with van der Waals surface area (Å²) >= 11 is 0. The summed E-state index contributed by atoms with van der Waals surface area (Å²) in [7, 11) is -3.68. The predicted molar refractivity (Wildman–Crippen MR) is 118 cm³/mol. The van der Waals surface area contributed by atoms with Gasteiger partial charge in [0.1, 0.15) is 6.04 Å². The van der Waals surface area contributed by atoms with Crippen LogP contribution in [0.25, 0.3) is 0 Å². The molecule has 0 spiro atoms. The average molecular weight is 444 g/mol. The van der Waals surface area contributed by atoms with E-state index in [1.54, 1.807) is 30.3 Å². The highest BCUT2D eigenvalue weighted by Crippen LogP contribution is 2.26. The summed E-state index contributed by atoms with van der Waals surface area (Å²) < 4.78 is 32.6. The second-order valence-corrected chi connectivity index (χ2v) is 9.90. The first-order chi connectivity index (χ1) is 15.0. The first-order valence-corrected chi connectivity index (χ1v) is 12.2. The van der Waals surface area contributed by atoms with Crippen LogP contribution < -0.4 is 5.32 Å². The Morgan fingerprint density at radius 3 is 2.35 bits per heavy atom. The number of morpholine rings is 1. The maximum absolute atomic E-state index is 13.0. The summed E-state index contributed by atoms with van der Waals surface area (Å²) in [5, 5.41) is 2.92. The number of hydrogen-bond acceptors (Lipinski definition) is 5. The molecule has 2 aliphatic rings. The molecule has 0 radical (unpaired) electrons. The molecule has 2 heterocycles. The van der Waals surface area contributed by atoms with Crippen LogP contribution in [0.5, 0.6) is 0 Å². The number of hydrogen-bond donors (Lipinski definition) is 1. The number of nitrogens with one attached hydrogen (secondary N) is 1. The molecule has 2 aliphatic heterocycles. The third kappa shape index (κ3) is 5.33. The van der Waals surface area contributed by atoms with Gasteiger partial charge in [0.2, 0.25) is 15.9 Å². The van der Waals surface area contributed by atoms with E-state index in [1.165, 1.54) is 9.87 Å². The number of carbonyl (C=O) groups excluding carboxylic acids is 1. The van der Waals surface area contributed by atoms with Crippen molar-refractivity contribution in [2.45, 2.75) is 36.9 Å². The molecule has 2 aromatic carbocycles. The van der Waals surface area contributed by atoms with Gasteiger partial charge in [-0.1, -0.05) is 42.5 Å². The lowest BCUT2D eigenvalue weighted by Crippen LogP contribution is -2.45. The minimum absolute atomic E-state index is 0.227. The van der Waals surface area contributed by atoms with E-state index in [2.05, 4.69) is 22.3 Å². The smallest absolute Gasteiger partial charge is 0.243 e. The molecule has 0 bridgehead atoms. The normalized spacial score (nSPS) is 20.6. The van der Waals surface area contributed by atoms with Crippen molar-refractivity contribution in [1.29, 1.82) is 0 Å². The fraction of sp³-hybridized carbons (Fsp3) is 0.435. The van der Waals surface area contributed by atoms with Gasteiger partial charge in [0, 0.05) is 32.7 Å². The van der Waals surface area contributed by atoms with E-state index in [4.69, 9.17) is 4.74 Å². The number of nitrogens with zero attached hydrogens (tertiary/aromatic N) is 2. The van der Waals surface area contributed by atoms with Crippen molar-refractivity contribution >= 4 is 15.9 Å². The first kappa shape index (κ1) is 22.0. The Balaban J connectivity index is 1.33. The summed E-state index contributed by atoms with van der Waals surface area (Å²) in [6.45, 7) is 5.09. The maximum Gasteiger partial charge on any atom is 0.243 e. The van der Waals surface area contributed by atoms with Gasteiger partial charge in [-0.05, 0) is 36.1 Å². The number of amides is 1. The average Bonchev–Trinajstić information content (AvgIpc) is 3.31. The van der Waals surface area contributed by atoms with E-state index in [-0.39, 0.29) is 10.8 Å². The molecule has 0 saturated carbocycles. The summed E-state index contributed by atoms with van der Waals surface area (Å²) in [5.41, 5.74) is 2.22. The predicted octanol–water partition coefficient (Wildman–Crippen LogP) is 1.99. The molecule has 2 aromatic rings. The third-order valence-electron chi connectivity index (χ3n) is 5.86. The highest BCUT2D eigenvalue weighted by atomic mass is 32.2. The molecule has 1 N–H and O–H groups in total. The standard InChI is InChI=1S/C23H29N3O4S/c27-23(22-7-4-12-26(22)31(28,29)21-5-2-1-3-6-21)24-17-19-8-10-20(11-9-19)18-25-13-15-30-16-14-25/h1-3,5-6,8-11,22H,4,7,12-18H2,(H,24,27)/t22-/m0/s1. The van der Waals surface area contributed by atoms with Gasteiger partial charge < -0.3 is 10.1 Å². The summed E-state index contributed by atoms with van der Waals surface area (Å²) in [4.78, 5) is 15.4. The van der Waals surface area contributed by atoms with Crippen LogP contribution in [0, 0.1) is 0 Å². The van der Waals surface area contributed by atoms with Crippen molar-refractivity contribution in [2.24, 2.45) is 0 Å². The van der Waals surface area contributed by atoms with Crippen LogP contribution in [0.1, 0.15) is 24.0 Å². The molecule has 2 saturated heterocycles. The van der Waals surface area contributed by atoms with Gasteiger partial charge >= 0.3 is 0 Å². The maximum atomic E-state index is 13.0. The van der Waals surface area contributed by atoms with E-state index in [9.17, 15) is 13.2 Å². The van der Waals surface area contributed by atoms with Gasteiger partial charge in [-0.3, -0.25) is 9.69 Å². The molecule has 8 heteroatoms. The van der Waals surface area contributed by atoms with Crippen LogP contribution >= 0.6 is 0 Å². The molecule has 31 heavy (non-hydrogen) atoms. The van der Waals surface area contributed by atoms with Crippen LogP contribution in [0.4, 0.5) is 0 Å². The second-order valence-electron chi connectivity index (χ2n) is 8.01. The van der Waals surface area contributed by atoms with E-state index >= 15 is 0 Å². The molecule has 2 fully saturated rings. The zero-order valence-electron chi connectivity index (χ0n) is 17.6. The number of rotatable bonds is 7. The van der Waals surface area contributed by atoms with Crippen molar-refractivity contribution < 1.29 is 17.9 Å². The molecular formula is C23H29N3O4S. The largest absolute Gasteiger partial charge is 0.379 e. The molecule has 0 aromatic heterocycles. The van der Waals surface area contributed by atoms with Gasteiger partial charge in [0.25, 0.3) is 0 Å². The van der Waals surface area contributed by atoms with Crippen LogP contribution in [-0.2, 0) is 32.6 Å². The van der Waals surface area contributed by atoms with E-state index in [0.717, 1.165) is 38.4 Å². The number of carbonyl (C=O) groups is 1. The van der Waals surface area contributed by atoms with Gasteiger partial charge in [-0.2, -0.15) is 4.31 Å². The van der Waals surface area contributed by atoms with Crippen LogP contribution in [0.3, 0.4) is 0 Å². The van der Waals surface area contributed by atoms with Crippen LogP contribution in [0.15, 0.2) is 59.5 Å². The molecule has 1 amide bonds. The Kier molecular flexibility index (Phi) is 7.02. The summed E-state index contributed by atoms with van der Waals surface area (Å²) in [6.07, 6.45) is 1.22. The minimum Gasteiger partial charge on any atom is -0.379 e. The Morgan fingerprint density at radius 2 is 1.65 bits per heavy atom. The third-order valence-corrected chi connectivity index (χ3v) is 7.78. The van der Waals surface area contributed by atoms with E-state index in [1.807, 2.05) is 12.1 Å². The Morgan fingerprint density at radius 1 is 0.968 bits per heavy atom. The zero-order valence-corrected chi connectivity index (χ0v) is 18.4. The Hall–Kier alpha value is -2.26. The summed E-state index contributed by atoms with van der Waals surface area (Å²) in [5.74, 6) is -0.241. The van der Waals surface area contributed by atoms with Crippen molar-refractivity contribution in [3.63, 3.8) is 0 Å². The molecule has 7 nitrogen and oxygen atoms in total. The van der Waals surface area contributed by atoms with Crippen molar-refractivity contribution in [3.05, 3.63) is 65.7 Å². The number of benzene rings is 2. The van der Waals surface area contributed by atoms with E-state index in [0.29, 0.717) is 25.9 Å². The minimum atomic E-state index is -3.68. The molecular weight excluding hydrogens is 414 g/mol. The molecule has 0 aliphatic carbocycles. The van der Waals surface area contributed by atoms with Gasteiger partial charge in [-0.15, -0.1) is 0 Å². The topological polar surface area (TPSA) is 79.0 Å². The lowest BCUT2D eigenvalue weighted by molar-refractivity contribution is -0.124. The monoisotopic (exact) mass is 443 g/mol. The molecule has 1 atom stereocenters. The number of sulfonamides is 1. The van der Waals surface area contributed by atoms with Crippen molar-refractivity contribution in [2.75, 3.05) is 32.8 Å². The van der Waals surface area contributed by atoms with Crippen molar-refractivity contribution in [1.82, 2.24) is 14.5 Å². The first-order valence-electron chi connectivity index (χ1n) is 10.8.